The highest BCUT2D eigenvalue weighted by molar-refractivity contribution is 5.99. The molecule has 4 nitrogen and oxygen atoms in total. The minimum atomic E-state index is -0.362. The molecular formula is C11H12N2O2. The largest absolute Gasteiger partial charge is 0.352 e. The van der Waals surface area contributed by atoms with E-state index < -0.39 is 0 Å². The van der Waals surface area contributed by atoms with Gasteiger partial charge < -0.3 is 10.6 Å². The third kappa shape index (κ3) is 1.98. The summed E-state index contributed by atoms with van der Waals surface area (Å²) < 4.78 is 0. The first-order chi connectivity index (χ1) is 7.16. The first kappa shape index (κ1) is 9.71. The number of hydrogen-bond donors (Lipinski definition) is 2. The van der Waals surface area contributed by atoms with Crippen LogP contribution >= 0.6 is 0 Å². The zero-order valence-electron chi connectivity index (χ0n) is 8.41. The lowest BCUT2D eigenvalue weighted by molar-refractivity contribution is -0.128. The average molecular weight is 204 g/mol. The Morgan fingerprint density at radius 2 is 2.07 bits per heavy atom. The van der Waals surface area contributed by atoms with Gasteiger partial charge in [0.05, 0.1) is 0 Å². The minimum Gasteiger partial charge on any atom is -0.352 e. The molecule has 1 aromatic carbocycles. The number of β-lactam (4-membered cyclic amide) rings is 1. The molecule has 78 valence electrons. The molecule has 1 aromatic rings. The first-order valence-corrected chi connectivity index (χ1v) is 4.82. The van der Waals surface area contributed by atoms with E-state index in [0.717, 1.165) is 5.56 Å². The van der Waals surface area contributed by atoms with Crippen LogP contribution in [0.3, 0.4) is 0 Å². The van der Waals surface area contributed by atoms with Crippen LogP contribution in [0.4, 0.5) is 0 Å². The Kier molecular flexibility index (Phi) is 2.41. The van der Waals surface area contributed by atoms with Gasteiger partial charge in [0.1, 0.15) is 6.04 Å². The topological polar surface area (TPSA) is 58.2 Å². The summed E-state index contributed by atoms with van der Waals surface area (Å²) in [7, 11) is 0. The monoisotopic (exact) mass is 204 g/mol. The van der Waals surface area contributed by atoms with Crippen molar-refractivity contribution in [3.63, 3.8) is 0 Å². The smallest absolute Gasteiger partial charge is 0.251 e. The van der Waals surface area contributed by atoms with E-state index in [0.29, 0.717) is 12.1 Å². The summed E-state index contributed by atoms with van der Waals surface area (Å²) >= 11 is 0. The highest BCUT2D eigenvalue weighted by Crippen LogP contribution is 2.04. The lowest BCUT2D eigenvalue weighted by Crippen LogP contribution is -2.61. The Balaban J connectivity index is 2.01. The molecule has 1 aliphatic rings. The van der Waals surface area contributed by atoms with Crippen molar-refractivity contribution in [3.8, 4) is 0 Å². The van der Waals surface area contributed by atoms with E-state index in [-0.39, 0.29) is 17.9 Å². The molecule has 2 rings (SSSR count). The van der Waals surface area contributed by atoms with Crippen LogP contribution in [0.5, 0.6) is 0 Å². The van der Waals surface area contributed by atoms with Crippen LogP contribution < -0.4 is 10.6 Å². The fraction of sp³-hybridized carbons (Fsp3) is 0.273. The van der Waals surface area contributed by atoms with Crippen molar-refractivity contribution < 1.29 is 9.59 Å². The Hall–Kier alpha value is -1.84. The third-order valence-corrected chi connectivity index (χ3v) is 2.42. The molecule has 0 spiro atoms. The fourth-order valence-corrected chi connectivity index (χ4v) is 1.35. The van der Waals surface area contributed by atoms with Crippen LogP contribution in [0.2, 0.25) is 0 Å². The number of amides is 2. The molecule has 1 heterocycles. The summed E-state index contributed by atoms with van der Waals surface area (Å²) in [6, 6.07) is 6.88. The summed E-state index contributed by atoms with van der Waals surface area (Å²) in [6.07, 6.45) is 0. The lowest BCUT2D eigenvalue weighted by Gasteiger charge is -2.26. The Bertz CT molecular complexity index is 398. The molecule has 0 aliphatic carbocycles. The standard InChI is InChI=1S/C11H12N2O2/c1-7-2-4-8(5-3-7)10(14)13-9-6-12-11(9)15/h2-5,9H,6H2,1H3,(H,12,15)(H,13,14)/t9-/m0/s1. The number of benzene rings is 1. The molecule has 0 bridgehead atoms. The molecule has 1 fully saturated rings. The van der Waals surface area contributed by atoms with Crippen molar-refractivity contribution >= 4 is 11.8 Å². The van der Waals surface area contributed by atoms with E-state index in [2.05, 4.69) is 10.6 Å². The van der Waals surface area contributed by atoms with Crippen LogP contribution in [0.25, 0.3) is 0 Å². The Morgan fingerprint density at radius 3 is 2.53 bits per heavy atom. The van der Waals surface area contributed by atoms with Crippen molar-refractivity contribution in [3.05, 3.63) is 35.4 Å². The predicted molar refractivity (Wildman–Crippen MR) is 55.4 cm³/mol. The quantitative estimate of drug-likeness (QED) is 0.677. The van der Waals surface area contributed by atoms with E-state index in [4.69, 9.17) is 0 Å². The molecule has 2 N–H and O–H groups in total. The maximum atomic E-state index is 11.6. The number of carbonyl (C=O) groups excluding carboxylic acids is 2. The molecule has 0 aromatic heterocycles. The van der Waals surface area contributed by atoms with Crippen LogP contribution in [0, 0.1) is 6.92 Å². The first-order valence-electron chi connectivity index (χ1n) is 4.82. The van der Waals surface area contributed by atoms with E-state index in [9.17, 15) is 9.59 Å². The minimum absolute atomic E-state index is 0.115. The van der Waals surface area contributed by atoms with Gasteiger partial charge in [0.15, 0.2) is 0 Å². The number of carbonyl (C=O) groups is 2. The number of aryl methyl sites for hydroxylation is 1. The molecule has 1 saturated heterocycles. The van der Waals surface area contributed by atoms with Gasteiger partial charge in [0.2, 0.25) is 5.91 Å². The van der Waals surface area contributed by atoms with E-state index >= 15 is 0 Å². The third-order valence-electron chi connectivity index (χ3n) is 2.42. The molecule has 15 heavy (non-hydrogen) atoms. The van der Waals surface area contributed by atoms with Crippen molar-refractivity contribution in [2.24, 2.45) is 0 Å². The average Bonchev–Trinajstić information content (AvgIpc) is 2.24. The molecule has 0 saturated carbocycles. The summed E-state index contributed by atoms with van der Waals surface area (Å²) in [4.78, 5) is 22.5. The Morgan fingerprint density at radius 1 is 1.40 bits per heavy atom. The van der Waals surface area contributed by atoms with Gasteiger partial charge in [-0.1, -0.05) is 17.7 Å². The summed E-state index contributed by atoms with van der Waals surface area (Å²) in [5.74, 6) is -0.315. The second-order valence-electron chi connectivity index (χ2n) is 3.64. The van der Waals surface area contributed by atoms with Crippen LogP contribution in [0.1, 0.15) is 15.9 Å². The summed E-state index contributed by atoms with van der Waals surface area (Å²) in [5, 5.41) is 5.22. The molecule has 4 heteroatoms. The molecule has 1 aliphatic heterocycles. The van der Waals surface area contributed by atoms with Crippen LogP contribution in [-0.2, 0) is 4.79 Å². The van der Waals surface area contributed by atoms with Crippen molar-refractivity contribution in [2.45, 2.75) is 13.0 Å². The van der Waals surface area contributed by atoms with Gasteiger partial charge in [-0.25, -0.2) is 0 Å². The molecule has 0 radical (unpaired) electrons. The van der Waals surface area contributed by atoms with E-state index in [1.54, 1.807) is 12.1 Å². The van der Waals surface area contributed by atoms with Crippen molar-refractivity contribution in [1.29, 1.82) is 0 Å². The van der Waals surface area contributed by atoms with Gasteiger partial charge in [0, 0.05) is 12.1 Å². The summed E-state index contributed by atoms with van der Waals surface area (Å²) in [5.41, 5.74) is 1.69. The maximum absolute atomic E-state index is 11.6. The van der Waals surface area contributed by atoms with Crippen LogP contribution in [0.15, 0.2) is 24.3 Å². The van der Waals surface area contributed by atoms with Gasteiger partial charge in [-0.3, -0.25) is 9.59 Å². The van der Waals surface area contributed by atoms with E-state index in [1.807, 2.05) is 19.1 Å². The fourth-order valence-electron chi connectivity index (χ4n) is 1.35. The van der Waals surface area contributed by atoms with Crippen molar-refractivity contribution in [2.75, 3.05) is 6.54 Å². The summed E-state index contributed by atoms with van der Waals surface area (Å²) in [6.45, 7) is 2.48. The molecule has 1 atom stereocenters. The van der Waals surface area contributed by atoms with Gasteiger partial charge in [-0.05, 0) is 19.1 Å². The number of rotatable bonds is 2. The van der Waals surface area contributed by atoms with Gasteiger partial charge in [-0.15, -0.1) is 0 Å². The molecule has 0 unspecified atom stereocenters. The van der Waals surface area contributed by atoms with Crippen LogP contribution in [-0.4, -0.2) is 24.4 Å². The van der Waals surface area contributed by atoms with Crippen molar-refractivity contribution in [1.82, 2.24) is 10.6 Å². The SMILES string of the molecule is Cc1ccc(C(=O)N[C@H]2CNC2=O)cc1. The highest BCUT2D eigenvalue weighted by atomic mass is 16.2. The normalized spacial score (nSPS) is 19.0. The highest BCUT2D eigenvalue weighted by Gasteiger charge is 2.28. The zero-order valence-corrected chi connectivity index (χ0v) is 8.41. The second kappa shape index (κ2) is 3.73. The van der Waals surface area contributed by atoms with Gasteiger partial charge >= 0.3 is 0 Å². The second-order valence-corrected chi connectivity index (χ2v) is 3.64. The number of nitrogens with one attached hydrogen (secondary N) is 2. The maximum Gasteiger partial charge on any atom is 0.251 e. The number of hydrogen-bond acceptors (Lipinski definition) is 2. The predicted octanol–water partition coefficient (Wildman–Crippen LogP) is 0.223. The Labute approximate surface area is 87.7 Å². The molecular weight excluding hydrogens is 192 g/mol. The van der Waals surface area contributed by atoms with Gasteiger partial charge in [-0.2, -0.15) is 0 Å². The zero-order chi connectivity index (χ0) is 10.8. The van der Waals surface area contributed by atoms with Gasteiger partial charge in [0.25, 0.3) is 5.91 Å². The molecule has 2 amide bonds. The lowest BCUT2D eigenvalue weighted by atomic mass is 10.1. The van der Waals surface area contributed by atoms with E-state index in [1.165, 1.54) is 0 Å².